The predicted molar refractivity (Wildman–Crippen MR) is 115 cm³/mol. The molecule has 1 saturated heterocycles. The number of allylic oxidation sites excluding steroid dienone is 1. The van der Waals surface area contributed by atoms with E-state index in [4.69, 9.17) is 4.42 Å². The van der Waals surface area contributed by atoms with Gasteiger partial charge < -0.3 is 9.32 Å². The van der Waals surface area contributed by atoms with E-state index in [2.05, 4.69) is 37.8 Å². The lowest BCUT2D eigenvalue weighted by molar-refractivity contribution is -0.402. The van der Waals surface area contributed by atoms with Crippen LogP contribution in [0.15, 0.2) is 46.4 Å². The van der Waals surface area contributed by atoms with Crippen LogP contribution in [0.1, 0.15) is 48.4 Å². The minimum absolute atomic E-state index is 0.00580. The van der Waals surface area contributed by atoms with E-state index < -0.39 is 10.8 Å². The second-order valence-corrected chi connectivity index (χ2v) is 8.67. The highest BCUT2D eigenvalue weighted by atomic mass is 16.6. The number of benzene rings is 1. The van der Waals surface area contributed by atoms with Crippen LogP contribution in [0.2, 0.25) is 0 Å². The van der Waals surface area contributed by atoms with Crippen LogP contribution in [0.3, 0.4) is 0 Å². The third-order valence-electron chi connectivity index (χ3n) is 6.27. The number of amides is 1. The topological polar surface area (TPSA) is 79.8 Å². The number of likely N-dealkylation sites (tertiary alicyclic amines) is 1. The van der Waals surface area contributed by atoms with Gasteiger partial charge in [0, 0.05) is 24.2 Å². The van der Waals surface area contributed by atoms with Gasteiger partial charge in [-0.15, -0.1) is 0 Å². The normalized spacial score (nSPS) is 17.8. The van der Waals surface area contributed by atoms with Gasteiger partial charge in [-0.3, -0.25) is 19.8 Å². The predicted octanol–water partition coefficient (Wildman–Crippen LogP) is 4.46. The molecule has 2 aliphatic rings. The number of piperidine rings is 1. The Hall–Kier alpha value is -2.93. The lowest BCUT2D eigenvalue weighted by Gasteiger charge is -2.39. The molecule has 2 aromatic rings. The molecule has 1 fully saturated rings. The maximum absolute atomic E-state index is 13.2. The molecule has 3 heterocycles. The monoisotopic (exact) mass is 409 g/mol. The first-order chi connectivity index (χ1) is 14.3. The quantitative estimate of drug-likeness (QED) is 0.423. The second kappa shape index (κ2) is 7.72. The molecule has 30 heavy (non-hydrogen) atoms. The SMILES string of the molecule is CC(C)=CCN1CCC2(CC1)CN(C(=O)c1ccc([N+](=O)[O-])o1)c1ccc(C)cc12. The summed E-state index contributed by atoms with van der Waals surface area (Å²) in [6.07, 6.45) is 4.20. The maximum Gasteiger partial charge on any atom is 0.433 e. The van der Waals surface area contributed by atoms with Gasteiger partial charge in [-0.1, -0.05) is 29.3 Å². The van der Waals surface area contributed by atoms with Crippen molar-refractivity contribution >= 4 is 17.5 Å². The third-order valence-corrected chi connectivity index (χ3v) is 6.27. The summed E-state index contributed by atoms with van der Waals surface area (Å²) in [6.45, 7) is 9.79. The zero-order valence-electron chi connectivity index (χ0n) is 17.7. The van der Waals surface area contributed by atoms with E-state index in [0.717, 1.165) is 38.2 Å². The molecule has 4 rings (SSSR count). The Labute approximate surface area is 176 Å². The van der Waals surface area contributed by atoms with E-state index in [9.17, 15) is 14.9 Å². The van der Waals surface area contributed by atoms with Crippen LogP contribution in [0, 0.1) is 17.0 Å². The van der Waals surface area contributed by atoms with Gasteiger partial charge in [-0.25, -0.2) is 0 Å². The number of carbonyl (C=O) groups excluding carboxylic acids is 1. The van der Waals surface area contributed by atoms with Crippen molar-refractivity contribution in [3.63, 3.8) is 0 Å². The zero-order chi connectivity index (χ0) is 21.5. The van der Waals surface area contributed by atoms with Crippen LogP contribution in [-0.2, 0) is 5.41 Å². The zero-order valence-corrected chi connectivity index (χ0v) is 17.7. The Morgan fingerprint density at radius 2 is 1.97 bits per heavy atom. The van der Waals surface area contributed by atoms with Crippen molar-refractivity contribution in [1.29, 1.82) is 0 Å². The molecule has 0 atom stereocenters. The largest absolute Gasteiger partial charge is 0.433 e. The van der Waals surface area contributed by atoms with Crippen LogP contribution < -0.4 is 4.90 Å². The summed E-state index contributed by atoms with van der Waals surface area (Å²) in [4.78, 5) is 27.7. The molecule has 0 unspecified atom stereocenters. The number of furan rings is 1. The Balaban J connectivity index is 1.61. The first-order valence-corrected chi connectivity index (χ1v) is 10.3. The number of hydrogen-bond acceptors (Lipinski definition) is 5. The molecule has 0 aliphatic carbocycles. The average molecular weight is 409 g/mol. The second-order valence-electron chi connectivity index (χ2n) is 8.67. The fraction of sp³-hybridized carbons (Fsp3) is 0.435. The van der Waals surface area contributed by atoms with Crippen molar-refractivity contribution in [2.75, 3.05) is 31.1 Å². The van der Waals surface area contributed by atoms with Crippen molar-refractivity contribution in [3.8, 4) is 0 Å². The molecule has 7 nitrogen and oxygen atoms in total. The number of nitrogens with zero attached hydrogens (tertiary/aromatic N) is 3. The molecule has 0 radical (unpaired) electrons. The molecule has 1 spiro atoms. The Morgan fingerprint density at radius 3 is 2.60 bits per heavy atom. The van der Waals surface area contributed by atoms with Crippen molar-refractivity contribution in [3.05, 3.63) is 69.0 Å². The highest BCUT2D eigenvalue weighted by molar-refractivity contribution is 6.06. The molecular weight excluding hydrogens is 382 g/mol. The molecule has 0 N–H and O–H groups in total. The summed E-state index contributed by atoms with van der Waals surface area (Å²) in [5.41, 5.74) is 4.50. The van der Waals surface area contributed by atoms with Gasteiger partial charge in [0.25, 0.3) is 5.91 Å². The molecule has 0 bridgehead atoms. The first-order valence-electron chi connectivity index (χ1n) is 10.3. The Morgan fingerprint density at radius 1 is 1.23 bits per heavy atom. The fourth-order valence-electron chi connectivity index (χ4n) is 4.54. The van der Waals surface area contributed by atoms with E-state index in [0.29, 0.717) is 6.54 Å². The number of rotatable bonds is 4. The van der Waals surface area contributed by atoms with Crippen molar-refractivity contribution in [2.45, 2.75) is 39.0 Å². The molecule has 1 aromatic heterocycles. The minimum Gasteiger partial charge on any atom is -0.395 e. The Bertz CT molecular complexity index is 1010. The number of carbonyl (C=O) groups is 1. The summed E-state index contributed by atoms with van der Waals surface area (Å²) in [5, 5.41) is 10.9. The van der Waals surface area contributed by atoms with Crippen molar-refractivity contribution < 1.29 is 14.1 Å². The molecular formula is C23H27N3O4. The summed E-state index contributed by atoms with van der Waals surface area (Å²) in [7, 11) is 0. The maximum atomic E-state index is 13.2. The van der Waals surface area contributed by atoms with Crippen LogP contribution in [0.5, 0.6) is 0 Å². The lowest BCUT2D eigenvalue weighted by Crippen LogP contribution is -2.46. The molecule has 1 amide bonds. The summed E-state index contributed by atoms with van der Waals surface area (Å²) in [5.74, 6) is -0.729. The van der Waals surface area contributed by atoms with Gasteiger partial charge in [-0.05, 0) is 64.4 Å². The number of anilines is 1. The van der Waals surface area contributed by atoms with Gasteiger partial charge in [0.2, 0.25) is 0 Å². The van der Waals surface area contributed by atoms with E-state index in [-0.39, 0.29) is 17.1 Å². The van der Waals surface area contributed by atoms with E-state index in [1.54, 1.807) is 4.90 Å². The lowest BCUT2D eigenvalue weighted by atomic mass is 9.74. The number of hydrogen-bond donors (Lipinski definition) is 0. The molecule has 2 aliphatic heterocycles. The first kappa shape index (κ1) is 20.3. The van der Waals surface area contributed by atoms with Gasteiger partial charge in [0.1, 0.15) is 4.92 Å². The van der Waals surface area contributed by atoms with Crippen LogP contribution in [0.25, 0.3) is 0 Å². The smallest absolute Gasteiger partial charge is 0.395 e. The van der Waals surface area contributed by atoms with Crippen LogP contribution in [0.4, 0.5) is 11.6 Å². The summed E-state index contributed by atoms with van der Waals surface area (Å²) in [6, 6.07) is 8.81. The van der Waals surface area contributed by atoms with Crippen molar-refractivity contribution in [2.24, 2.45) is 0 Å². The van der Waals surface area contributed by atoms with Gasteiger partial charge in [0.05, 0.1) is 6.07 Å². The molecule has 158 valence electrons. The standard InChI is InChI=1S/C23H27N3O4/c1-16(2)8-11-24-12-9-23(10-13-24)15-25(19-5-4-17(3)14-18(19)23)22(27)20-6-7-21(30-20)26(28)29/h4-8,14H,9-13,15H2,1-3H3. The number of aryl methyl sites for hydroxylation is 1. The van der Waals surface area contributed by atoms with E-state index >= 15 is 0 Å². The molecule has 0 saturated carbocycles. The van der Waals surface area contributed by atoms with Gasteiger partial charge >= 0.3 is 5.88 Å². The summed E-state index contributed by atoms with van der Waals surface area (Å²) >= 11 is 0. The molecule has 1 aromatic carbocycles. The van der Waals surface area contributed by atoms with Crippen LogP contribution >= 0.6 is 0 Å². The third kappa shape index (κ3) is 3.65. The summed E-state index contributed by atoms with van der Waals surface area (Å²) < 4.78 is 5.20. The fourth-order valence-corrected chi connectivity index (χ4v) is 4.54. The van der Waals surface area contributed by atoms with Gasteiger partial charge in [0.15, 0.2) is 5.76 Å². The number of fused-ring (bicyclic) bond motifs is 2. The van der Waals surface area contributed by atoms with Crippen molar-refractivity contribution in [1.82, 2.24) is 4.90 Å². The highest BCUT2D eigenvalue weighted by Crippen LogP contribution is 2.48. The van der Waals surface area contributed by atoms with Crippen LogP contribution in [-0.4, -0.2) is 41.9 Å². The molecule has 7 heteroatoms. The average Bonchev–Trinajstić information content (AvgIpc) is 3.32. The van der Waals surface area contributed by atoms with E-state index in [1.807, 2.05) is 12.1 Å². The highest BCUT2D eigenvalue weighted by Gasteiger charge is 2.46. The minimum atomic E-state index is -0.623. The Kier molecular flexibility index (Phi) is 5.24. The van der Waals surface area contributed by atoms with E-state index in [1.165, 1.54) is 28.8 Å². The number of nitro groups is 1. The van der Waals surface area contributed by atoms with Gasteiger partial charge in [-0.2, -0.15) is 0 Å².